The Morgan fingerprint density at radius 3 is 2.48 bits per heavy atom. The Morgan fingerprint density at radius 2 is 1.81 bits per heavy atom. The van der Waals surface area contributed by atoms with E-state index in [1.807, 2.05) is 12.1 Å². The van der Waals surface area contributed by atoms with Crippen molar-refractivity contribution in [3.05, 3.63) is 35.6 Å². The third-order valence-electron chi connectivity index (χ3n) is 5.22. The average Bonchev–Trinajstić information content (AvgIpc) is 2.45. The fourth-order valence-electron chi connectivity index (χ4n) is 3.50. The molecule has 3 heteroatoms. The van der Waals surface area contributed by atoms with Gasteiger partial charge < -0.3 is 10.2 Å². The van der Waals surface area contributed by atoms with Gasteiger partial charge in [0.25, 0.3) is 0 Å². The van der Waals surface area contributed by atoms with Crippen molar-refractivity contribution in [1.82, 2.24) is 10.2 Å². The molecule has 0 amide bonds. The molecule has 0 bridgehead atoms. The molecule has 1 aromatic carbocycles. The number of hydrogen-bond donors (Lipinski definition) is 1. The number of hydrogen-bond acceptors (Lipinski definition) is 2. The van der Waals surface area contributed by atoms with Crippen LogP contribution in [0.2, 0.25) is 0 Å². The van der Waals surface area contributed by atoms with Crippen molar-refractivity contribution >= 4 is 0 Å². The first-order valence-corrected chi connectivity index (χ1v) is 8.42. The Morgan fingerprint density at radius 1 is 1.14 bits per heavy atom. The second-order valence-corrected chi connectivity index (χ2v) is 6.90. The van der Waals surface area contributed by atoms with Gasteiger partial charge in [-0.3, -0.25) is 0 Å². The zero-order chi connectivity index (χ0) is 14.7. The maximum Gasteiger partial charge on any atom is 0.123 e. The minimum absolute atomic E-state index is 0.136. The van der Waals surface area contributed by atoms with Gasteiger partial charge in [0.15, 0.2) is 0 Å². The molecule has 0 atom stereocenters. The molecule has 0 radical (unpaired) electrons. The lowest BCUT2D eigenvalue weighted by Crippen LogP contribution is -2.44. The molecule has 1 saturated carbocycles. The van der Waals surface area contributed by atoms with Crippen LogP contribution < -0.4 is 5.32 Å². The number of nitrogens with zero attached hydrogens (tertiary/aromatic N) is 1. The van der Waals surface area contributed by atoms with E-state index in [0.717, 1.165) is 12.5 Å². The Kier molecular flexibility index (Phi) is 4.91. The SMILES string of the molecule is CC1CCN(CCNC2CC(c3ccc(F)cc3)C2)CC1. The summed E-state index contributed by atoms with van der Waals surface area (Å²) >= 11 is 0. The lowest BCUT2D eigenvalue weighted by atomic mass is 9.76. The average molecular weight is 290 g/mol. The molecule has 2 fully saturated rings. The number of benzene rings is 1. The summed E-state index contributed by atoms with van der Waals surface area (Å²) in [6, 6.07) is 7.68. The highest BCUT2D eigenvalue weighted by atomic mass is 19.1. The fourth-order valence-corrected chi connectivity index (χ4v) is 3.50. The summed E-state index contributed by atoms with van der Waals surface area (Å²) in [5, 5.41) is 3.67. The maximum absolute atomic E-state index is 12.9. The summed E-state index contributed by atoms with van der Waals surface area (Å²) in [6.07, 6.45) is 5.11. The Bertz CT molecular complexity index is 431. The van der Waals surface area contributed by atoms with E-state index in [-0.39, 0.29) is 5.82 Å². The second-order valence-electron chi connectivity index (χ2n) is 6.90. The van der Waals surface area contributed by atoms with Crippen LogP contribution in [0, 0.1) is 11.7 Å². The molecule has 1 N–H and O–H groups in total. The Balaban J connectivity index is 1.31. The molecule has 0 aromatic heterocycles. The zero-order valence-electron chi connectivity index (χ0n) is 13.0. The molecule has 1 aliphatic heterocycles. The van der Waals surface area contributed by atoms with Gasteiger partial charge in [0.05, 0.1) is 0 Å². The number of halogens is 1. The van der Waals surface area contributed by atoms with Crippen molar-refractivity contribution in [2.75, 3.05) is 26.2 Å². The van der Waals surface area contributed by atoms with Crippen LogP contribution in [-0.2, 0) is 0 Å². The highest BCUT2D eigenvalue weighted by Gasteiger charge is 2.29. The Hall–Kier alpha value is -0.930. The summed E-state index contributed by atoms with van der Waals surface area (Å²) in [4.78, 5) is 2.59. The van der Waals surface area contributed by atoms with Gasteiger partial charge in [-0.1, -0.05) is 19.1 Å². The first-order chi connectivity index (χ1) is 10.2. The summed E-state index contributed by atoms with van der Waals surface area (Å²) in [7, 11) is 0. The molecule has 3 rings (SSSR count). The largest absolute Gasteiger partial charge is 0.313 e. The molecule has 116 valence electrons. The van der Waals surface area contributed by atoms with Crippen molar-refractivity contribution in [2.24, 2.45) is 5.92 Å². The minimum atomic E-state index is -0.136. The van der Waals surface area contributed by atoms with Gasteiger partial charge >= 0.3 is 0 Å². The van der Waals surface area contributed by atoms with Crippen molar-refractivity contribution in [3.8, 4) is 0 Å². The highest BCUT2D eigenvalue weighted by molar-refractivity contribution is 5.23. The van der Waals surface area contributed by atoms with Crippen LogP contribution in [0.5, 0.6) is 0 Å². The van der Waals surface area contributed by atoms with Crippen molar-refractivity contribution < 1.29 is 4.39 Å². The van der Waals surface area contributed by atoms with E-state index in [9.17, 15) is 4.39 Å². The topological polar surface area (TPSA) is 15.3 Å². The summed E-state index contributed by atoms with van der Waals surface area (Å²) in [6.45, 7) is 7.19. The van der Waals surface area contributed by atoms with Gasteiger partial charge in [0.1, 0.15) is 5.82 Å². The van der Waals surface area contributed by atoms with Crippen LogP contribution in [0.15, 0.2) is 24.3 Å². The smallest absolute Gasteiger partial charge is 0.123 e. The normalized spacial score (nSPS) is 27.5. The lowest BCUT2D eigenvalue weighted by Gasteiger charge is -2.37. The molecule has 1 saturated heterocycles. The van der Waals surface area contributed by atoms with Crippen LogP contribution >= 0.6 is 0 Å². The van der Waals surface area contributed by atoms with E-state index in [1.54, 1.807) is 12.1 Å². The van der Waals surface area contributed by atoms with Gasteiger partial charge in [-0.15, -0.1) is 0 Å². The molecule has 1 aliphatic carbocycles. The lowest BCUT2D eigenvalue weighted by molar-refractivity contribution is 0.184. The second kappa shape index (κ2) is 6.89. The third-order valence-corrected chi connectivity index (χ3v) is 5.22. The molecule has 2 nitrogen and oxygen atoms in total. The Labute approximate surface area is 127 Å². The molecular formula is C18H27FN2. The van der Waals surface area contributed by atoms with Crippen LogP contribution in [0.1, 0.15) is 44.1 Å². The molecule has 1 heterocycles. The van der Waals surface area contributed by atoms with Gasteiger partial charge in [-0.25, -0.2) is 4.39 Å². The molecule has 21 heavy (non-hydrogen) atoms. The predicted molar refractivity (Wildman–Crippen MR) is 85.0 cm³/mol. The number of nitrogens with one attached hydrogen (secondary N) is 1. The third kappa shape index (κ3) is 4.04. The van der Waals surface area contributed by atoms with E-state index >= 15 is 0 Å². The maximum atomic E-state index is 12.9. The molecule has 0 spiro atoms. The van der Waals surface area contributed by atoms with Crippen LogP contribution in [-0.4, -0.2) is 37.1 Å². The summed E-state index contributed by atoms with van der Waals surface area (Å²) in [5.74, 6) is 1.40. The molecule has 2 aliphatic rings. The minimum Gasteiger partial charge on any atom is -0.313 e. The molecule has 0 unspecified atom stereocenters. The van der Waals surface area contributed by atoms with Crippen LogP contribution in [0.25, 0.3) is 0 Å². The van der Waals surface area contributed by atoms with Gasteiger partial charge in [0, 0.05) is 19.1 Å². The number of rotatable bonds is 5. The van der Waals surface area contributed by atoms with E-state index in [1.165, 1.54) is 50.9 Å². The fraction of sp³-hybridized carbons (Fsp3) is 0.667. The van der Waals surface area contributed by atoms with E-state index < -0.39 is 0 Å². The number of likely N-dealkylation sites (tertiary alicyclic amines) is 1. The quantitative estimate of drug-likeness (QED) is 0.894. The van der Waals surface area contributed by atoms with Crippen molar-refractivity contribution in [2.45, 2.75) is 44.6 Å². The van der Waals surface area contributed by atoms with E-state index in [4.69, 9.17) is 0 Å². The predicted octanol–water partition coefficient (Wildman–Crippen LogP) is 3.39. The first kappa shape index (κ1) is 15.0. The van der Waals surface area contributed by atoms with Crippen LogP contribution in [0.4, 0.5) is 4.39 Å². The molecular weight excluding hydrogens is 263 g/mol. The first-order valence-electron chi connectivity index (χ1n) is 8.42. The van der Waals surface area contributed by atoms with Crippen molar-refractivity contribution in [3.63, 3.8) is 0 Å². The highest BCUT2D eigenvalue weighted by Crippen LogP contribution is 2.36. The van der Waals surface area contributed by atoms with Gasteiger partial charge in [-0.2, -0.15) is 0 Å². The van der Waals surface area contributed by atoms with Gasteiger partial charge in [0.2, 0.25) is 0 Å². The van der Waals surface area contributed by atoms with E-state index in [0.29, 0.717) is 12.0 Å². The molecule has 1 aromatic rings. The summed E-state index contributed by atoms with van der Waals surface area (Å²) < 4.78 is 12.9. The van der Waals surface area contributed by atoms with Crippen molar-refractivity contribution in [1.29, 1.82) is 0 Å². The number of piperidine rings is 1. The monoisotopic (exact) mass is 290 g/mol. The van der Waals surface area contributed by atoms with E-state index in [2.05, 4.69) is 17.1 Å². The van der Waals surface area contributed by atoms with Gasteiger partial charge in [-0.05, 0) is 68.3 Å². The summed E-state index contributed by atoms with van der Waals surface area (Å²) in [5.41, 5.74) is 1.29. The van der Waals surface area contributed by atoms with Crippen LogP contribution in [0.3, 0.4) is 0 Å². The standard InChI is InChI=1S/C18H27FN2/c1-14-6-9-21(10-7-14)11-8-20-18-12-16(13-18)15-2-4-17(19)5-3-15/h2-5,14,16,18,20H,6-13H2,1H3. The zero-order valence-corrected chi connectivity index (χ0v) is 13.0.